The normalized spacial score (nSPS) is 18.7. The van der Waals surface area contributed by atoms with Crippen LogP contribution in [0.5, 0.6) is 5.75 Å². The van der Waals surface area contributed by atoms with Crippen molar-refractivity contribution in [2.75, 3.05) is 5.73 Å². The molecule has 4 heteroatoms. The molecule has 2 atom stereocenters. The second kappa shape index (κ2) is 4.55. The third kappa shape index (κ3) is 2.04. The molecule has 1 aliphatic rings. The number of benzene rings is 1. The summed E-state index contributed by atoms with van der Waals surface area (Å²) in [5.41, 5.74) is 8.58. The van der Waals surface area contributed by atoms with E-state index in [1.165, 1.54) is 0 Å². The lowest BCUT2D eigenvalue weighted by Gasteiger charge is -2.21. The minimum atomic E-state index is -0.763. The monoisotopic (exact) mass is 256 g/mol. The maximum atomic E-state index is 10.5. The zero-order valence-corrected chi connectivity index (χ0v) is 10.7. The van der Waals surface area contributed by atoms with Crippen LogP contribution in [0.25, 0.3) is 0 Å². The molecule has 0 aliphatic carbocycles. The number of nitrogens with zero attached hydrogens (tertiary/aromatic N) is 1. The first-order valence-corrected chi connectivity index (χ1v) is 6.30. The SMILES string of the molecule is Cc1ccnc(N)c1C(O)C1Cc2ccccc2O1. The molecule has 98 valence electrons. The van der Waals surface area contributed by atoms with Crippen LogP contribution in [0.3, 0.4) is 0 Å². The van der Waals surface area contributed by atoms with E-state index in [1.54, 1.807) is 6.20 Å². The van der Waals surface area contributed by atoms with E-state index in [9.17, 15) is 5.11 Å². The van der Waals surface area contributed by atoms with Crippen LogP contribution in [0.15, 0.2) is 36.5 Å². The van der Waals surface area contributed by atoms with Gasteiger partial charge in [-0.25, -0.2) is 4.98 Å². The number of aromatic nitrogens is 1. The van der Waals surface area contributed by atoms with E-state index >= 15 is 0 Å². The summed E-state index contributed by atoms with van der Waals surface area (Å²) in [6.45, 7) is 1.92. The number of ether oxygens (including phenoxy) is 1. The van der Waals surface area contributed by atoms with Gasteiger partial charge in [-0.3, -0.25) is 0 Å². The molecule has 0 bridgehead atoms. The van der Waals surface area contributed by atoms with Crippen molar-refractivity contribution in [1.82, 2.24) is 4.98 Å². The highest BCUT2D eigenvalue weighted by Crippen LogP contribution is 2.35. The van der Waals surface area contributed by atoms with Crippen LogP contribution in [0.1, 0.15) is 22.8 Å². The van der Waals surface area contributed by atoms with Gasteiger partial charge in [0.2, 0.25) is 0 Å². The number of rotatable bonds is 2. The van der Waals surface area contributed by atoms with Gasteiger partial charge in [0, 0.05) is 18.2 Å². The number of hydrogen-bond acceptors (Lipinski definition) is 4. The van der Waals surface area contributed by atoms with Gasteiger partial charge in [0.1, 0.15) is 23.8 Å². The van der Waals surface area contributed by atoms with Crippen molar-refractivity contribution in [3.63, 3.8) is 0 Å². The maximum Gasteiger partial charge on any atom is 0.133 e. The maximum absolute atomic E-state index is 10.5. The molecule has 0 spiro atoms. The molecule has 1 aliphatic heterocycles. The molecule has 0 saturated carbocycles. The number of pyridine rings is 1. The molecule has 0 fully saturated rings. The molecule has 4 nitrogen and oxygen atoms in total. The van der Waals surface area contributed by atoms with Crippen LogP contribution in [-0.4, -0.2) is 16.2 Å². The molecule has 0 saturated heterocycles. The van der Waals surface area contributed by atoms with Crippen molar-refractivity contribution in [3.8, 4) is 5.75 Å². The van der Waals surface area contributed by atoms with Crippen LogP contribution >= 0.6 is 0 Å². The molecular weight excluding hydrogens is 240 g/mol. The van der Waals surface area contributed by atoms with E-state index in [-0.39, 0.29) is 6.10 Å². The van der Waals surface area contributed by atoms with Crippen molar-refractivity contribution >= 4 is 5.82 Å². The number of nitrogens with two attached hydrogens (primary N) is 1. The number of aryl methyl sites for hydroxylation is 1. The van der Waals surface area contributed by atoms with Crippen molar-refractivity contribution in [2.24, 2.45) is 0 Å². The van der Waals surface area contributed by atoms with Gasteiger partial charge >= 0.3 is 0 Å². The Morgan fingerprint density at radius 2 is 2.16 bits per heavy atom. The van der Waals surface area contributed by atoms with E-state index < -0.39 is 6.10 Å². The fraction of sp³-hybridized carbons (Fsp3) is 0.267. The predicted octanol–water partition coefficient (Wildman–Crippen LogP) is 2.01. The second-order valence-corrected chi connectivity index (χ2v) is 4.84. The Morgan fingerprint density at radius 1 is 1.37 bits per heavy atom. The summed E-state index contributed by atoms with van der Waals surface area (Å²) in [7, 11) is 0. The fourth-order valence-corrected chi connectivity index (χ4v) is 2.55. The van der Waals surface area contributed by atoms with Crippen molar-refractivity contribution in [1.29, 1.82) is 0 Å². The molecule has 0 radical (unpaired) electrons. The smallest absolute Gasteiger partial charge is 0.133 e. The standard InChI is InChI=1S/C15H16N2O2/c1-9-6-7-17-15(16)13(9)14(18)12-8-10-4-2-3-5-11(10)19-12/h2-7,12,14,18H,8H2,1H3,(H2,16,17). The van der Waals surface area contributed by atoms with Crippen LogP contribution in [-0.2, 0) is 6.42 Å². The van der Waals surface area contributed by atoms with E-state index in [0.717, 1.165) is 16.9 Å². The molecule has 2 heterocycles. The highest BCUT2D eigenvalue weighted by atomic mass is 16.5. The molecule has 1 aromatic carbocycles. The Labute approximate surface area is 111 Å². The highest BCUT2D eigenvalue weighted by Gasteiger charge is 2.32. The van der Waals surface area contributed by atoms with Crippen LogP contribution in [0, 0.1) is 6.92 Å². The van der Waals surface area contributed by atoms with Crippen molar-refractivity contribution < 1.29 is 9.84 Å². The summed E-state index contributed by atoms with van der Waals surface area (Å²) in [4.78, 5) is 4.04. The molecule has 2 aromatic rings. The van der Waals surface area contributed by atoms with Gasteiger partial charge in [-0.15, -0.1) is 0 Å². The van der Waals surface area contributed by atoms with Gasteiger partial charge in [0.05, 0.1) is 0 Å². The average Bonchev–Trinajstić information content (AvgIpc) is 2.82. The van der Waals surface area contributed by atoms with Gasteiger partial charge in [-0.05, 0) is 30.2 Å². The number of hydrogen-bond donors (Lipinski definition) is 2. The van der Waals surface area contributed by atoms with Crippen molar-refractivity contribution in [3.05, 3.63) is 53.2 Å². The Hall–Kier alpha value is -2.07. The third-order valence-corrected chi connectivity index (χ3v) is 3.56. The fourth-order valence-electron chi connectivity index (χ4n) is 2.55. The Bertz CT molecular complexity index is 568. The zero-order chi connectivity index (χ0) is 13.4. The molecule has 3 rings (SSSR count). The van der Waals surface area contributed by atoms with Crippen LogP contribution < -0.4 is 10.5 Å². The van der Waals surface area contributed by atoms with E-state index in [1.807, 2.05) is 37.3 Å². The quantitative estimate of drug-likeness (QED) is 0.862. The summed E-state index contributed by atoms with van der Waals surface area (Å²) in [6, 6.07) is 9.68. The topological polar surface area (TPSA) is 68.4 Å². The lowest BCUT2D eigenvalue weighted by atomic mass is 9.97. The van der Waals surface area contributed by atoms with Gasteiger partial charge in [0.25, 0.3) is 0 Å². The summed E-state index contributed by atoms with van der Waals surface area (Å²) in [6.07, 6.45) is 1.26. The van der Waals surface area contributed by atoms with Crippen LogP contribution in [0.4, 0.5) is 5.82 Å². The molecule has 0 amide bonds. The number of anilines is 1. The molecular formula is C15H16N2O2. The number of fused-ring (bicyclic) bond motifs is 1. The Kier molecular flexibility index (Phi) is 2.87. The summed E-state index contributed by atoms with van der Waals surface area (Å²) in [5, 5.41) is 10.5. The Morgan fingerprint density at radius 3 is 2.89 bits per heavy atom. The first kappa shape index (κ1) is 12.0. The average molecular weight is 256 g/mol. The van der Waals surface area contributed by atoms with E-state index in [4.69, 9.17) is 10.5 Å². The minimum Gasteiger partial charge on any atom is -0.487 e. The highest BCUT2D eigenvalue weighted by molar-refractivity contribution is 5.47. The van der Waals surface area contributed by atoms with Gasteiger partial charge in [-0.1, -0.05) is 18.2 Å². The van der Waals surface area contributed by atoms with Gasteiger partial charge in [-0.2, -0.15) is 0 Å². The third-order valence-electron chi connectivity index (χ3n) is 3.56. The first-order chi connectivity index (χ1) is 9.16. The summed E-state index contributed by atoms with van der Waals surface area (Å²) in [5.74, 6) is 1.21. The molecule has 19 heavy (non-hydrogen) atoms. The lowest BCUT2D eigenvalue weighted by molar-refractivity contribution is 0.0491. The molecule has 3 N–H and O–H groups in total. The zero-order valence-electron chi connectivity index (χ0n) is 10.7. The number of aliphatic hydroxyl groups excluding tert-OH is 1. The first-order valence-electron chi connectivity index (χ1n) is 6.30. The number of aliphatic hydroxyl groups is 1. The Balaban J connectivity index is 1.89. The summed E-state index contributed by atoms with van der Waals surface area (Å²) < 4.78 is 5.80. The number of para-hydroxylation sites is 1. The summed E-state index contributed by atoms with van der Waals surface area (Å²) >= 11 is 0. The second-order valence-electron chi connectivity index (χ2n) is 4.84. The van der Waals surface area contributed by atoms with E-state index in [2.05, 4.69) is 4.98 Å². The van der Waals surface area contributed by atoms with Crippen molar-refractivity contribution in [2.45, 2.75) is 25.6 Å². The van der Waals surface area contributed by atoms with Gasteiger partial charge in [0.15, 0.2) is 0 Å². The molecule has 1 aromatic heterocycles. The van der Waals surface area contributed by atoms with Gasteiger partial charge < -0.3 is 15.6 Å². The number of nitrogen functional groups attached to an aromatic ring is 1. The minimum absolute atomic E-state index is 0.303. The predicted molar refractivity (Wildman–Crippen MR) is 72.9 cm³/mol. The van der Waals surface area contributed by atoms with E-state index in [0.29, 0.717) is 17.8 Å². The van der Waals surface area contributed by atoms with Crippen LogP contribution in [0.2, 0.25) is 0 Å². The lowest BCUT2D eigenvalue weighted by Crippen LogP contribution is -2.25. The largest absolute Gasteiger partial charge is 0.487 e. The molecule has 2 unspecified atom stereocenters.